The number of furan rings is 1. The van der Waals surface area contributed by atoms with Gasteiger partial charge in [0.15, 0.2) is 23.3 Å². The Bertz CT molecular complexity index is 1030. The average Bonchev–Trinajstić information content (AvgIpc) is 3.29. The van der Waals surface area contributed by atoms with Gasteiger partial charge in [-0.05, 0) is 29.3 Å². The van der Waals surface area contributed by atoms with Crippen molar-refractivity contribution in [3.8, 4) is 22.6 Å². The summed E-state index contributed by atoms with van der Waals surface area (Å²) in [5, 5.41) is 11.8. The number of methoxy groups -OCH3 is 2. The Hall–Kier alpha value is -3.78. The van der Waals surface area contributed by atoms with Crippen LogP contribution in [0.5, 0.6) is 11.5 Å². The van der Waals surface area contributed by atoms with Gasteiger partial charge in [-0.15, -0.1) is 0 Å². The predicted molar refractivity (Wildman–Crippen MR) is 112 cm³/mol. The first kappa shape index (κ1) is 21.9. The van der Waals surface area contributed by atoms with Gasteiger partial charge in [0, 0.05) is 5.56 Å². The molecular weight excluding hydrogens is 402 g/mol. The molecule has 162 valence electrons. The zero-order valence-electron chi connectivity index (χ0n) is 17.2. The van der Waals surface area contributed by atoms with Crippen molar-refractivity contribution in [3.63, 3.8) is 0 Å². The molecular formula is C23H23NO7. The van der Waals surface area contributed by atoms with Gasteiger partial charge < -0.3 is 29.1 Å². The monoisotopic (exact) mass is 425 g/mol. The Morgan fingerprint density at radius 2 is 1.74 bits per heavy atom. The number of aliphatic carboxylic acids is 1. The van der Waals surface area contributed by atoms with Crippen molar-refractivity contribution >= 4 is 11.9 Å². The highest BCUT2D eigenvalue weighted by atomic mass is 16.5. The first-order chi connectivity index (χ1) is 15.0. The van der Waals surface area contributed by atoms with Gasteiger partial charge in [0.1, 0.15) is 0 Å². The first-order valence-corrected chi connectivity index (χ1v) is 9.48. The maximum absolute atomic E-state index is 12.5. The maximum atomic E-state index is 12.5. The fraction of sp³-hybridized carbons (Fsp3) is 0.217. The fourth-order valence-electron chi connectivity index (χ4n) is 2.90. The Kier molecular flexibility index (Phi) is 7.29. The van der Waals surface area contributed by atoms with Crippen LogP contribution in [-0.2, 0) is 16.1 Å². The minimum absolute atomic E-state index is 0.0147. The minimum Gasteiger partial charge on any atom is -0.493 e. The van der Waals surface area contributed by atoms with E-state index in [0.717, 1.165) is 11.1 Å². The molecule has 0 aliphatic heterocycles. The fourth-order valence-corrected chi connectivity index (χ4v) is 2.90. The van der Waals surface area contributed by atoms with Crippen LogP contribution in [0.25, 0.3) is 11.1 Å². The molecule has 0 spiro atoms. The Morgan fingerprint density at radius 1 is 1.00 bits per heavy atom. The minimum atomic E-state index is -1.22. The molecule has 0 fully saturated rings. The van der Waals surface area contributed by atoms with E-state index < -0.39 is 17.9 Å². The summed E-state index contributed by atoms with van der Waals surface area (Å²) < 4.78 is 21.3. The zero-order chi connectivity index (χ0) is 22.2. The molecule has 0 saturated carbocycles. The Morgan fingerprint density at radius 3 is 2.42 bits per heavy atom. The van der Waals surface area contributed by atoms with Crippen molar-refractivity contribution in [2.75, 3.05) is 20.8 Å². The van der Waals surface area contributed by atoms with Gasteiger partial charge in [-0.25, -0.2) is 4.79 Å². The molecule has 3 aromatic rings. The number of carboxylic acids is 1. The number of carboxylic acid groups (broad SMARTS) is 1. The first-order valence-electron chi connectivity index (χ1n) is 9.48. The summed E-state index contributed by atoms with van der Waals surface area (Å²) >= 11 is 0. The zero-order valence-corrected chi connectivity index (χ0v) is 17.2. The lowest BCUT2D eigenvalue weighted by Gasteiger charge is -2.14. The summed E-state index contributed by atoms with van der Waals surface area (Å²) in [7, 11) is 3.07. The van der Waals surface area contributed by atoms with E-state index in [2.05, 4.69) is 5.32 Å². The van der Waals surface area contributed by atoms with Crippen LogP contribution in [0.3, 0.4) is 0 Å². The van der Waals surface area contributed by atoms with Gasteiger partial charge in [0.25, 0.3) is 5.91 Å². The number of hydrogen-bond donors (Lipinski definition) is 2. The van der Waals surface area contributed by atoms with E-state index in [0.29, 0.717) is 17.1 Å². The summed E-state index contributed by atoms with van der Waals surface area (Å²) in [4.78, 5) is 24.0. The second-order valence-corrected chi connectivity index (χ2v) is 6.63. The molecule has 1 aromatic heterocycles. The highest BCUT2D eigenvalue weighted by molar-refractivity contribution is 5.95. The molecule has 8 heteroatoms. The normalized spacial score (nSPS) is 11.5. The topological polar surface area (TPSA) is 107 Å². The van der Waals surface area contributed by atoms with E-state index in [4.69, 9.17) is 18.6 Å². The third kappa shape index (κ3) is 5.64. The van der Waals surface area contributed by atoms with E-state index in [1.54, 1.807) is 25.3 Å². The van der Waals surface area contributed by atoms with Gasteiger partial charge in [0.2, 0.25) is 0 Å². The number of nitrogens with one attached hydrogen (secondary N) is 1. The van der Waals surface area contributed by atoms with Crippen LogP contribution in [-0.4, -0.2) is 43.9 Å². The molecule has 0 radical (unpaired) electrons. The van der Waals surface area contributed by atoms with Crippen LogP contribution < -0.4 is 14.8 Å². The summed E-state index contributed by atoms with van der Waals surface area (Å²) in [6.07, 6.45) is 1.41. The van der Waals surface area contributed by atoms with E-state index in [1.165, 1.54) is 19.4 Å². The summed E-state index contributed by atoms with van der Waals surface area (Å²) in [5.74, 6) is -0.754. The SMILES string of the molecule is COc1ccc(-c2coc(C(=O)NC(COCc3ccccc3)C(=O)O)c2)cc1OC. The van der Waals surface area contributed by atoms with Crippen molar-refractivity contribution < 1.29 is 33.3 Å². The smallest absolute Gasteiger partial charge is 0.328 e. The quantitative estimate of drug-likeness (QED) is 0.513. The van der Waals surface area contributed by atoms with E-state index in [9.17, 15) is 14.7 Å². The molecule has 0 bridgehead atoms. The molecule has 1 unspecified atom stereocenters. The summed E-state index contributed by atoms with van der Waals surface area (Å²) in [6.45, 7) is 0.0594. The molecule has 0 saturated heterocycles. The van der Waals surface area contributed by atoms with Crippen molar-refractivity contribution in [1.29, 1.82) is 0 Å². The van der Waals surface area contributed by atoms with Crippen LogP contribution in [0, 0.1) is 0 Å². The summed E-state index contributed by atoms with van der Waals surface area (Å²) in [5.41, 5.74) is 2.29. The molecule has 0 aliphatic rings. The van der Waals surface area contributed by atoms with E-state index in [1.807, 2.05) is 30.3 Å². The highest BCUT2D eigenvalue weighted by Crippen LogP contribution is 2.33. The predicted octanol–water partition coefficient (Wildman–Crippen LogP) is 3.36. The van der Waals surface area contributed by atoms with Gasteiger partial charge in [-0.1, -0.05) is 36.4 Å². The second kappa shape index (κ2) is 10.3. The Labute approximate surface area is 179 Å². The van der Waals surface area contributed by atoms with E-state index in [-0.39, 0.29) is 19.0 Å². The van der Waals surface area contributed by atoms with Gasteiger partial charge >= 0.3 is 5.97 Å². The molecule has 2 N–H and O–H groups in total. The third-order valence-electron chi connectivity index (χ3n) is 4.54. The number of ether oxygens (including phenoxy) is 3. The van der Waals surface area contributed by atoms with Crippen LogP contribution >= 0.6 is 0 Å². The highest BCUT2D eigenvalue weighted by Gasteiger charge is 2.23. The molecule has 31 heavy (non-hydrogen) atoms. The number of benzene rings is 2. The second-order valence-electron chi connectivity index (χ2n) is 6.63. The Balaban J connectivity index is 1.64. The number of hydrogen-bond acceptors (Lipinski definition) is 6. The molecule has 8 nitrogen and oxygen atoms in total. The largest absolute Gasteiger partial charge is 0.493 e. The van der Waals surface area contributed by atoms with Gasteiger partial charge in [0.05, 0.1) is 33.7 Å². The number of carbonyl (C=O) groups is 2. The van der Waals surface area contributed by atoms with Gasteiger partial charge in [-0.2, -0.15) is 0 Å². The number of rotatable bonds is 10. The van der Waals surface area contributed by atoms with Crippen molar-refractivity contribution in [1.82, 2.24) is 5.32 Å². The molecule has 0 aliphatic carbocycles. The van der Waals surface area contributed by atoms with Crippen molar-refractivity contribution in [2.24, 2.45) is 0 Å². The molecule has 1 heterocycles. The molecule has 3 rings (SSSR count). The number of carbonyl (C=O) groups excluding carboxylic acids is 1. The summed E-state index contributed by atoms with van der Waals surface area (Å²) in [6, 6.07) is 14.9. The molecule has 1 atom stereocenters. The van der Waals surface area contributed by atoms with E-state index >= 15 is 0 Å². The van der Waals surface area contributed by atoms with Crippen LogP contribution in [0.1, 0.15) is 16.1 Å². The lowest BCUT2D eigenvalue weighted by Crippen LogP contribution is -2.43. The van der Waals surface area contributed by atoms with Crippen LogP contribution in [0.2, 0.25) is 0 Å². The third-order valence-corrected chi connectivity index (χ3v) is 4.54. The number of amides is 1. The van der Waals surface area contributed by atoms with Gasteiger partial charge in [-0.3, -0.25) is 4.79 Å². The average molecular weight is 425 g/mol. The van der Waals surface area contributed by atoms with Crippen molar-refractivity contribution in [2.45, 2.75) is 12.6 Å². The van der Waals surface area contributed by atoms with Crippen molar-refractivity contribution in [3.05, 3.63) is 72.2 Å². The van der Waals surface area contributed by atoms with Crippen LogP contribution in [0.15, 0.2) is 65.3 Å². The lowest BCUT2D eigenvalue weighted by molar-refractivity contribution is -0.141. The lowest BCUT2D eigenvalue weighted by atomic mass is 10.1. The maximum Gasteiger partial charge on any atom is 0.328 e. The standard InChI is InChI=1S/C23H23NO7/c1-28-19-9-8-16(10-20(19)29-2)17-11-21(31-13-17)22(25)24-18(23(26)27)14-30-12-15-6-4-3-5-7-15/h3-11,13,18H,12,14H2,1-2H3,(H,24,25)(H,26,27). The van der Waals surface area contributed by atoms with Crippen LogP contribution in [0.4, 0.5) is 0 Å². The molecule has 1 amide bonds. The molecule has 2 aromatic carbocycles.